The lowest BCUT2D eigenvalue weighted by Gasteiger charge is -2.28. The fraction of sp³-hybridized carbons (Fsp3) is 0.625. The van der Waals surface area contributed by atoms with Crippen LogP contribution in [-0.2, 0) is 0 Å². The highest BCUT2D eigenvalue weighted by Gasteiger charge is 2.21. The molecule has 2 N–H and O–H groups in total. The van der Waals surface area contributed by atoms with E-state index in [1.807, 2.05) is 13.0 Å². The van der Waals surface area contributed by atoms with E-state index < -0.39 is 0 Å². The van der Waals surface area contributed by atoms with Crippen molar-refractivity contribution >= 4 is 11.6 Å². The smallest absolute Gasteiger partial charge is 0.269 e. The first kappa shape index (κ1) is 14.8. The lowest BCUT2D eigenvalue weighted by atomic mass is 9.80. The SMILES string of the molecule is CCNc1ccc(C(=O)NCC2CCCCC2C)nc1. The molecule has 20 heavy (non-hydrogen) atoms. The van der Waals surface area contributed by atoms with Crippen molar-refractivity contribution in [2.75, 3.05) is 18.4 Å². The molecular weight excluding hydrogens is 250 g/mol. The van der Waals surface area contributed by atoms with E-state index in [1.54, 1.807) is 12.3 Å². The first-order valence-electron chi connectivity index (χ1n) is 7.68. The first-order chi connectivity index (χ1) is 9.70. The fourth-order valence-corrected chi connectivity index (χ4v) is 2.85. The molecule has 1 heterocycles. The van der Waals surface area contributed by atoms with Crippen molar-refractivity contribution in [1.82, 2.24) is 10.3 Å². The second-order valence-electron chi connectivity index (χ2n) is 5.69. The van der Waals surface area contributed by atoms with Crippen LogP contribution in [0.15, 0.2) is 18.3 Å². The van der Waals surface area contributed by atoms with E-state index >= 15 is 0 Å². The van der Waals surface area contributed by atoms with Gasteiger partial charge in [0.1, 0.15) is 5.69 Å². The summed E-state index contributed by atoms with van der Waals surface area (Å²) in [5.74, 6) is 1.27. The lowest BCUT2D eigenvalue weighted by Crippen LogP contribution is -2.33. The Hall–Kier alpha value is -1.58. The molecule has 0 aliphatic heterocycles. The van der Waals surface area contributed by atoms with Crippen molar-refractivity contribution in [3.05, 3.63) is 24.0 Å². The molecule has 1 aromatic heterocycles. The monoisotopic (exact) mass is 275 g/mol. The summed E-state index contributed by atoms with van der Waals surface area (Å²) in [5.41, 5.74) is 1.44. The predicted octanol–water partition coefficient (Wildman–Crippen LogP) is 3.07. The van der Waals surface area contributed by atoms with Crippen molar-refractivity contribution in [1.29, 1.82) is 0 Å². The average Bonchev–Trinajstić information content (AvgIpc) is 2.47. The molecule has 0 bridgehead atoms. The van der Waals surface area contributed by atoms with Gasteiger partial charge in [-0.1, -0.05) is 26.2 Å². The molecule has 0 saturated heterocycles. The molecule has 1 saturated carbocycles. The molecule has 0 aromatic carbocycles. The van der Waals surface area contributed by atoms with Crippen molar-refractivity contribution in [2.45, 2.75) is 39.5 Å². The maximum atomic E-state index is 12.1. The number of amides is 1. The van der Waals surface area contributed by atoms with E-state index in [2.05, 4.69) is 22.5 Å². The van der Waals surface area contributed by atoms with Crippen LogP contribution in [0.3, 0.4) is 0 Å². The zero-order chi connectivity index (χ0) is 14.4. The van der Waals surface area contributed by atoms with Crippen molar-refractivity contribution in [2.24, 2.45) is 11.8 Å². The maximum Gasteiger partial charge on any atom is 0.269 e. The minimum atomic E-state index is -0.0641. The van der Waals surface area contributed by atoms with E-state index in [4.69, 9.17) is 0 Å². The number of aromatic nitrogens is 1. The van der Waals surface area contributed by atoms with Crippen molar-refractivity contribution < 1.29 is 4.79 Å². The van der Waals surface area contributed by atoms with Crippen LogP contribution in [0.1, 0.15) is 50.0 Å². The van der Waals surface area contributed by atoms with Crippen LogP contribution in [0.5, 0.6) is 0 Å². The summed E-state index contributed by atoms with van der Waals surface area (Å²) in [6.45, 7) is 5.95. The summed E-state index contributed by atoms with van der Waals surface area (Å²) in [4.78, 5) is 16.3. The van der Waals surface area contributed by atoms with Gasteiger partial charge in [-0.2, -0.15) is 0 Å². The average molecular weight is 275 g/mol. The van der Waals surface area contributed by atoms with Crippen LogP contribution in [-0.4, -0.2) is 24.0 Å². The van der Waals surface area contributed by atoms with Crippen LogP contribution in [0.4, 0.5) is 5.69 Å². The second-order valence-corrected chi connectivity index (χ2v) is 5.69. The largest absolute Gasteiger partial charge is 0.384 e. The molecule has 1 aliphatic carbocycles. The molecule has 1 aliphatic rings. The first-order valence-corrected chi connectivity index (χ1v) is 7.68. The number of carbonyl (C=O) groups excluding carboxylic acids is 1. The van der Waals surface area contributed by atoms with Crippen LogP contribution < -0.4 is 10.6 Å². The van der Waals surface area contributed by atoms with Gasteiger partial charge in [0.15, 0.2) is 0 Å². The van der Waals surface area contributed by atoms with Gasteiger partial charge < -0.3 is 10.6 Å². The third-order valence-electron chi connectivity index (χ3n) is 4.19. The number of hydrogen-bond acceptors (Lipinski definition) is 3. The number of carbonyl (C=O) groups is 1. The van der Waals surface area contributed by atoms with E-state index in [-0.39, 0.29) is 5.91 Å². The standard InChI is InChI=1S/C16H25N3O/c1-3-17-14-8-9-15(18-11-14)16(20)19-10-13-7-5-4-6-12(13)2/h8-9,11-13,17H,3-7,10H2,1-2H3,(H,19,20). The molecule has 4 heteroatoms. The van der Waals surface area contributed by atoms with Crippen LogP contribution in [0, 0.1) is 11.8 Å². The molecule has 0 radical (unpaired) electrons. The molecule has 4 nitrogen and oxygen atoms in total. The Bertz CT molecular complexity index is 430. The quantitative estimate of drug-likeness (QED) is 0.868. The van der Waals surface area contributed by atoms with E-state index in [0.717, 1.165) is 18.8 Å². The molecule has 1 aromatic rings. The van der Waals surface area contributed by atoms with Crippen LogP contribution in [0.2, 0.25) is 0 Å². The lowest BCUT2D eigenvalue weighted by molar-refractivity contribution is 0.0931. The third kappa shape index (κ3) is 3.95. The Morgan fingerprint density at radius 3 is 2.80 bits per heavy atom. The Morgan fingerprint density at radius 2 is 2.15 bits per heavy atom. The Balaban J connectivity index is 1.84. The number of nitrogens with zero attached hydrogens (tertiary/aromatic N) is 1. The van der Waals surface area contributed by atoms with Gasteiger partial charge in [-0.25, -0.2) is 4.98 Å². The number of pyridine rings is 1. The topological polar surface area (TPSA) is 54.0 Å². The molecule has 0 spiro atoms. The number of rotatable bonds is 5. The second kappa shape index (κ2) is 7.27. The highest BCUT2D eigenvalue weighted by Crippen LogP contribution is 2.28. The summed E-state index contributed by atoms with van der Waals surface area (Å²) in [5, 5.41) is 6.20. The summed E-state index contributed by atoms with van der Waals surface area (Å²) < 4.78 is 0. The van der Waals surface area contributed by atoms with Gasteiger partial charge in [0.25, 0.3) is 5.91 Å². The summed E-state index contributed by atoms with van der Waals surface area (Å²) in [6.07, 6.45) is 6.85. The van der Waals surface area contributed by atoms with E-state index in [1.165, 1.54) is 25.7 Å². The fourth-order valence-electron chi connectivity index (χ4n) is 2.85. The minimum Gasteiger partial charge on any atom is -0.384 e. The Labute approximate surface area is 121 Å². The zero-order valence-electron chi connectivity index (χ0n) is 12.5. The Kier molecular flexibility index (Phi) is 5.39. The molecule has 110 valence electrons. The number of anilines is 1. The van der Waals surface area contributed by atoms with Crippen molar-refractivity contribution in [3.63, 3.8) is 0 Å². The molecular formula is C16H25N3O. The molecule has 1 fully saturated rings. The van der Waals surface area contributed by atoms with Crippen LogP contribution in [0.25, 0.3) is 0 Å². The van der Waals surface area contributed by atoms with Gasteiger partial charge in [0.05, 0.1) is 11.9 Å². The maximum absolute atomic E-state index is 12.1. The van der Waals surface area contributed by atoms with Gasteiger partial charge in [0, 0.05) is 13.1 Å². The highest BCUT2D eigenvalue weighted by molar-refractivity contribution is 5.92. The van der Waals surface area contributed by atoms with E-state index in [0.29, 0.717) is 17.5 Å². The summed E-state index contributed by atoms with van der Waals surface area (Å²) in [7, 11) is 0. The molecule has 1 amide bonds. The minimum absolute atomic E-state index is 0.0641. The summed E-state index contributed by atoms with van der Waals surface area (Å²) >= 11 is 0. The highest BCUT2D eigenvalue weighted by atomic mass is 16.1. The predicted molar refractivity (Wildman–Crippen MR) is 81.9 cm³/mol. The molecule has 2 rings (SSSR count). The summed E-state index contributed by atoms with van der Waals surface area (Å²) in [6, 6.07) is 3.67. The Morgan fingerprint density at radius 1 is 1.35 bits per heavy atom. The van der Waals surface area contributed by atoms with Gasteiger partial charge in [-0.3, -0.25) is 4.79 Å². The van der Waals surface area contributed by atoms with Gasteiger partial charge in [-0.15, -0.1) is 0 Å². The molecule has 2 atom stereocenters. The van der Waals surface area contributed by atoms with Gasteiger partial charge in [-0.05, 0) is 37.3 Å². The normalized spacial score (nSPS) is 22.3. The van der Waals surface area contributed by atoms with Crippen molar-refractivity contribution in [3.8, 4) is 0 Å². The number of nitrogens with one attached hydrogen (secondary N) is 2. The van der Waals surface area contributed by atoms with Gasteiger partial charge >= 0.3 is 0 Å². The van der Waals surface area contributed by atoms with E-state index in [9.17, 15) is 4.79 Å². The zero-order valence-corrected chi connectivity index (χ0v) is 12.5. The van der Waals surface area contributed by atoms with Crippen LogP contribution >= 0.6 is 0 Å². The van der Waals surface area contributed by atoms with Gasteiger partial charge in [0.2, 0.25) is 0 Å². The third-order valence-corrected chi connectivity index (χ3v) is 4.19. The molecule has 2 unspecified atom stereocenters. The number of hydrogen-bond donors (Lipinski definition) is 2.